The average Bonchev–Trinajstić information content (AvgIpc) is 2.75. The van der Waals surface area contributed by atoms with Crippen molar-refractivity contribution < 1.29 is 9.67 Å². The zero-order valence-electron chi connectivity index (χ0n) is 15.4. The van der Waals surface area contributed by atoms with E-state index in [0.717, 1.165) is 16.5 Å². The van der Waals surface area contributed by atoms with Crippen molar-refractivity contribution in [3.05, 3.63) is 108 Å². The van der Waals surface area contributed by atoms with E-state index in [2.05, 4.69) is 5.32 Å². The van der Waals surface area contributed by atoms with Gasteiger partial charge >= 0.3 is 0 Å². The molecule has 0 radical (unpaired) electrons. The van der Waals surface area contributed by atoms with Gasteiger partial charge in [0.15, 0.2) is 17.4 Å². The molecule has 4 rings (SSSR count). The van der Waals surface area contributed by atoms with E-state index in [1.165, 1.54) is 0 Å². The summed E-state index contributed by atoms with van der Waals surface area (Å²) in [6.45, 7) is 0. The first kappa shape index (κ1) is 19.1. The number of nitrogens with zero attached hydrogens (tertiary/aromatic N) is 1. The molecule has 0 bridgehead atoms. The van der Waals surface area contributed by atoms with Gasteiger partial charge in [-0.2, -0.15) is 4.57 Å². The van der Waals surface area contributed by atoms with Crippen molar-refractivity contribution in [2.75, 3.05) is 5.32 Å². The number of rotatable bonds is 4. The fourth-order valence-corrected chi connectivity index (χ4v) is 3.57. The first-order valence-electron chi connectivity index (χ1n) is 9.06. The molecule has 1 heterocycles. The highest BCUT2D eigenvalue weighted by atomic mass is 35.5. The summed E-state index contributed by atoms with van der Waals surface area (Å²) in [6.07, 6.45) is 3.61. The fourth-order valence-electron chi connectivity index (χ4n) is 3.14. The number of benzene rings is 3. The lowest BCUT2D eigenvalue weighted by molar-refractivity contribution is -0.577. The molecule has 0 aliphatic heterocycles. The number of thiocarbonyl (C=S) groups is 1. The molecule has 3 nitrogen and oxygen atoms in total. The summed E-state index contributed by atoms with van der Waals surface area (Å²) < 4.78 is 1.73. The predicted molar refractivity (Wildman–Crippen MR) is 121 cm³/mol. The number of hydrogen-bond acceptors (Lipinski definition) is 2. The van der Waals surface area contributed by atoms with Crippen molar-refractivity contribution in [1.82, 2.24) is 0 Å². The summed E-state index contributed by atoms with van der Waals surface area (Å²) >= 11 is 11.7. The Morgan fingerprint density at radius 2 is 1.52 bits per heavy atom. The van der Waals surface area contributed by atoms with Gasteiger partial charge in [0.05, 0.1) is 0 Å². The van der Waals surface area contributed by atoms with Crippen LogP contribution in [0, 0.1) is 0 Å². The molecule has 0 atom stereocenters. The van der Waals surface area contributed by atoms with E-state index in [1.54, 1.807) is 41.2 Å². The minimum absolute atomic E-state index is 0.185. The Hall–Kier alpha value is -3.21. The number of fused-ring (bicyclic) bond motifs is 1. The Morgan fingerprint density at radius 1 is 0.828 bits per heavy atom. The van der Waals surface area contributed by atoms with E-state index in [9.17, 15) is 5.11 Å². The highest BCUT2D eigenvalue weighted by Gasteiger charge is 2.19. The van der Waals surface area contributed by atoms with Gasteiger partial charge in [0.1, 0.15) is 0 Å². The molecular weight excluding hydrogens is 400 g/mol. The SMILES string of the molecule is [O-]/C(=C(\C(=S)Nc1cccc2ccccc12)[n+]1ccccc1)c1ccc(Cl)cc1. The smallest absolute Gasteiger partial charge is 0.238 e. The first-order valence-corrected chi connectivity index (χ1v) is 9.85. The van der Waals surface area contributed by atoms with Crippen LogP contribution in [0.4, 0.5) is 5.69 Å². The van der Waals surface area contributed by atoms with Crippen LogP contribution in [-0.4, -0.2) is 4.99 Å². The van der Waals surface area contributed by atoms with Gasteiger partial charge in [-0.3, -0.25) is 0 Å². The molecule has 1 N–H and O–H groups in total. The van der Waals surface area contributed by atoms with Crippen LogP contribution in [0.2, 0.25) is 5.02 Å². The molecule has 0 saturated heterocycles. The van der Waals surface area contributed by atoms with Crippen molar-refractivity contribution in [3.63, 3.8) is 0 Å². The number of halogens is 1. The van der Waals surface area contributed by atoms with Crippen LogP contribution in [0.3, 0.4) is 0 Å². The van der Waals surface area contributed by atoms with Crippen LogP contribution in [0.25, 0.3) is 22.2 Å². The maximum absolute atomic E-state index is 13.3. The molecule has 0 amide bonds. The summed E-state index contributed by atoms with van der Waals surface area (Å²) in [6, 6.07) is 26.4. The molecule has 142 valence electrons. The lowest BCUT2D eigenvalue weighted by Crippen LogP contribution is -2.39. The highest BCUT2D eigenvalue weighted by molar-refractivity contribution is 7.81. The molecular formula is C24H17ClN2OS. The summed E-state index contributed by atoms with van der Waals surface area (Å²) in [5.41, 5.74) is 1.74. The fraction of sp³-hybridized carbons (Fsp3) is 0. The van der Waals surface area contributed by atoms with E-state index < -0.39 is 0 Å². The molecule has 0 aliphatic carbocycles. The van der Waals surface area contributed by atoms with Crippen LogP contribution in [-0.2, 0) is 0 Å². The van der Waals surface area contributed by atoms with Gasteiger partial charge in [-0.25, -0.2) is 0 Å². The van der Waals surface area contributed by atoms with Gasteiger partial charge in [0, 0.05) is 28.2 Å². The Balaban J connectivity index is 1.80. The summed E-state index contributed by atoms with van der Waals surface area (Å²) in [7, 11) is 0. The number of anilines is 1. The summed E-state index contributed by atoms with van der Waals surface area (Å²) in [5.74, 6) is -0.185. The first-order chi connectivity index (χ1) is 14.1. The summed E-state index contributed by atoms with van der Waals surface area (Å²) in [4.78, 5) is 0.345. The molecule has 0 aliphatic rings. The molecule has 0 saturated carbocycles. The van der Waals surface area contributed by atoms with Crippen molar-refractivity contribution in [3.8, 4) is 0 Å². The maximum Gasteiger partial charge on any atom is 0.238 e. The largest absolute Gasteiger partial charge is 0.867 e. The Kier molecular flexibility index (Phi) is 5.56. The van der Waals surface area contributed by atoms with Gasteiger partial charge in [-0.1, -0.05) is 78.4 Å². The average molecular weight is 417 g/mol. The van der Waals surface area contributed by atoms with Gasteiger partial charge in [-0.05, 0) is 34.9 Å². The lowest BCUT2D eigenvalue weighted by atomic mass is 10.1. The second kappa shape index (κ2) is 8.43. The summed E-state index contributed by atoms with van der Waals surface area (Å²) in [5, 5.41) is 19.3. The van der Waals surface area contributed by atoms with Gasteiger partial charge < -0.3 is 10.4 Å². The van der Waals surface area contributed by atoms with E-state index in [0.29, 0.717) is 21.3 Å². The minimum atomic E-state index is -0.185. The Morgan fingerprint density at radius 3 is 2.28 bits per heavy atom. The zero-order valence-corrected chi connectivity index (χ0v) is 17.0. The Bertz CT molecular complexity index is 1200. The lowest BCUT2D eigenvalue weighted by Gasteiger charge is -2.17. The second-order valence-electron chi connectivity index (χ2n) is 6.45. The highest BCUT2D eigenvalue weighted by Crippen LogP contribution is 2.25. The topological polar surface area (TPSA) is 39.0 Å². The van der Waals surface area contributed by atoms with Crippen LogP contribution in [0.1, 0.15) is 5.56 Å². The molecule has 1 aromatic heterocycles. The third-order valence-electron chi connectivity index (χ3n) is 4.55. The second-order valence-corrected chi connectivity index (χ2v) is 7.29. The number of hydrogen-bond donors (Lipinski definition) is 1. The molecule has 0 fully saturated rings. The van der Waals surface area contributed by atoms with E-state index in [-0.39, 0.29) is 5.76 Å². The predicted octanol–water partition coefficient (Wildman–Crippen LogP) is 4.91. The normalized spacial score (nSPS) is 11.8. The number of pyridine rings is 1. The zero-order chi connectivity index (χ0) is 20.2. The monoisotopic (exact) mass is 416 g/mol. The van der Waals surface area contributed by atoms with Crippen molar-refractivity contribution in [2.45, 2.75) is 0 Å². The third kappa shape index (κ3) is 4.14. The van der Waals surface area contributed by atoms with E-state index >= 15 is 0 Å². The van der Waals surface area contributed by atoms with E-state index in [1.807, 2.05) is 60.7 Å². The standard InChI is InChI=1S/C24H17ClN2OS/c25-19-13-11-18(12-14-19)23(28)22(27-15-4-1-5-16-27)24(29)26-21-10-6-8-17-7-2-3-9-20(17)21/h1-16H,(H-,26,28,29). The maximum atomic E-state index is 13.3. The van der Waals surface area contributed by atoms with Gasteiger partial charge in [-0.15, -0.1) is 0 Å². The van der Waals surface area contributed by atoms with Crippen molar-refractivity contribution in [2.24, 2.45) is 0 Å². The molecule has 4 aromatic rings. The van der Waals surface area contributed by atoms with Crippen LogP contribution in [0.15, 0.2) is 97.3 Å². The molecule has 3 aromatic carbocycles. The minimum Gasteiger partial charge on any atom is -0.867 e. The van der Waals surface area contributed by atoms with E-state index in [4.69, 9.17) is 23.8 Å². The third-order valence-corrected chi connectivity index (χ3v) is 5.10. The molecule has 29 heavy (non-hydrogen) atoms. The molecule has 0 unspecified atom stereocenters. The van der Waals surface area contributed by atoms with Crippen molar-refractivity contribution in [1.29, 1.82) is 0 Å². The van der Waals surface area contributed by atoms with Crippen LogP contribution >= 0.6 is 23.8 Å². The number of nitrogens with one attached hydrogen (secondary N) is 1. The number of aromatic nitrogens is 1. The molecule has 0 spiro atoms. The van der Waals surface area contributed by atoms with Gasteiger partial charge in [0.2, 0.25) is 5.70 Å². The van der Waals surface area contributed by atoms with Crippen molar-refractivity contribution >= 4 is 56.7 Å². The van der Waals surface area contributed by atoms with Crippen LogP contribution in [0.5, 0.6) is 0 Å². The quantitative estimate of drug-likeness (QED) is 0.222. The molecule has 5 heteroatoms. The van der Waals surface area contributed by atoms with Gasteiger partial charge in [0.25, 0.3) is 0 Å². The van der Waals surface area contributed by atoms with Crippen LogP contribution < -0.4 is 15.0 Å². The Labute approximate surface area is 179 Å².